The third kappa shape index (κ3) is 13.6. The second-order valence-corrected chi connectivity index (χ2v) is 5.66. The van der Waals surface area contributed by atoms with E-state index in [1.54, 1.807) is 0 Å². The molecule has 0 rings (SSSR count). The highest BCUT2D eigenvalue weighted by Gasteiger charge is 2.16. The van der Waals surface area contributed by atoms with Gasteiger partial charge in [-0.15, -0.1) is 0 Å². The van der Waals surface area contributed by atoms with Crippen LogP contribution in [-0.4, -0.2) is 33.9 Å². The van der Waals surface area contributed by atoms with Gasteiger partial charge in [0, 0.05) is 13.0 Å². The van der Waals surface area contributed by atoms with Crippen LogP contribution < -0.4 is 0 Å². The fourth-order valence-electron chi connectivity index (χ4n) is 2.44. The van der Waals surface area contributed by atoms with E-state index in [0.29, 0.717) is 19.3 Å². The van der Waals surface area contributed by atoms with Gasteiger partial charge in [-0.3, -0.25) is 9.59 Å². The molecule has 0 fully saturated rings. The maximum absolute atomic E-state index is 11.2. The van der Waals surface area contributed by atoms with Crippen LogP contribution >= 0.6 is 0 Å². The summed E-state index contributed by atoms with van der Waals surface area (Å²) in [7, 11) is 0. The normalized spacial score (nSPS) is 12.2. The van der Waals surface area contributed by atoms with Crippen molar-refractivity contribution in [1.82, 2.24) is 0 Å². The summed E-state index contributed by atoms with van der Waals surface area (Å²) in [6.07, 6.45) is 9.85. The van der Waals surface area contributed by atoms with Crippen molar-refractivity contribution in [2.45, 2.75) is 77.0 Å². The van der Waals surface area contributed by atoms with E-state index < -0.39 is 11.9 Å². The predicted molar refractivity (Wildman–Crippen MR) is 81.3 cm³/mol. The van der Waals surface area contributed by atoms with Gasteiger partial charge in [0.05, 0.1) is 5.92 Å². The Balaban J connectivity index is 3.59. The van der Waals surface area contributed by atoms with Crippen LogP contribution in [0.4, 0.5) is 0 Å². The average molecular weight is 302 g/mol. The largest absolute Gasteiger partial charge is 0.481 e. The van der Waals surface area contributed by atoms with E-state index in [4.69, 9.17) is 15.3 Å². The molecule has 0 amide bonds. The second-order valence-electron chi connectivity index (χ2n) is 5.66. The Bertz CT molecular complexity index is 278. The fraction of sp³-hybridized carbons (Fsp3) is 0.875. The Morgan fingerprint density at radius 2 is 1.19 bits per heavy atom. The van der Waals surface area contributed by atoms with Gasteiger partial charge >= 0.3 is 11.9 Å². The summed E-state index contributed by atoms with van der Waals surface area (Å²) in [6, 6.07) is 0. The zero-order valence-electron chi connectivity index (χ0n) is 12.9. The van der Waals surface area contributed by atoms with Crippen LogP contribution in [0.2, 0.25) is 0 Å². The lowest BCUT2D eigenvalue weighted by atomic mass is 9.94. The Kier molecular flexibility index (Phi) is 13.1. The molecule has 5 heteroatoms. The van der Waals surface area contributed by atoms with Gasteiger partial charge in [-0.2, -0.15) is 0 Å². The first-order valence-corrected chi connectivity index (χ1v) is 8.13. The smallest absolute Gasteiger partial charge is 0.306 e. The summed E-state index contributed by atoms with van der Waals surface area (Å²) in [6.45, 7) is 0.253. The number of rotatable bonds is 15. The molecule has 3 N–H and O–H groups in total. The van der Waals surface area contributed by atoms with Gasteiger partial charge in [0.25, 0.3) is 0 Å². The average Bonchev–Trinajstić information content (AvgIpc) is 2.43. The quantitative estimate of drug-likeness (QED) is 0.403. The van der Waals surface area contributed by atoms with Gasteiger partial charge in [0.2, 0.25) is 0 Å². The summed E-state index contributed by atoms with van der Waals surface area (Å²) in [5, 5.41) is 26.3. The highest BCUT2D eigenvalue weighted by atomic mass is 16.4. The van der Waals surface area contributed by atoms with Crippen molar-refractivity contribution in [1.29, 1.82) is 0 Å². The number of aliphatic hydroxyl groups excluding tert-OH is 1. The highest BCUT2D eigenvalue weighted by molar-refractivity contribution is 5.69. The molecular weight excluding hydrogens is 272 g/mol. The highest BCUT2D eigenvalue weighted by Crippen LogP contribution is 2.19. The summed E-state index contributed by atoms with van der Waals surface area (Å²) < 4.78 is 0. The molecule has 1 unspecified atom stereocenters. The molecule has 0 aromatic carbocycles. The van der Waals surface area contributed by atoms with Crippen molar-refractivity contribution in [2.24, 2.45) is 5.92 Å². The van der Waals surface area contributed by atoms with Crippen molar-refractivity contribution >= 4 is 11.9 Å². The maximum Gasteiger partial charge on any atom is 0.306 e. The van der Waals surface area contributed by atoms with E-state index in [1.165, 1.54) is 0 Å². The summed E-state index contributed by atoms with van der Waals surface area (Å²) in [5.41, 5.74) is 0. The Morgan fingerprint density at radius 3 is 1.67 bits per heavy atom. The number of carbonyl (C=O) groups is 2. The van der Waals surface area contributed by atoms with Crippen LogP contribution in [0.3, 0.4) is 0 Å². The minimum Gasteiger partial charge on any atom is -0.481 e. The Labute approximate surface area is 127 Å². The predicted octanol–water partition coefficient (Wildman–Crippen LogP) is 3.45. The van der Waals surface area contributed by atoms with Gasteiger partial charge in [0.15, 0.2) is 0 Å². The monoisotopic (exact) mass is 302 g/mol. The number of carboxylic acid groups (broad SMARTS) is 2. The number of unbranched alkanes of at least 4 members (excludes halogenated alkanes) is 7. The van der Waals surface area contributed by atoms with E-state index in [2.05, 4.69) is 0 Å². The molecule has 5 nitrogen and oxygen atoms in total. The van der Waals surface area contributed by atoms with Crippen LogP contribution in [0.1, 0.15) is 77.0 Å². The Hall–Kier alpha value is -1.10. The lowest BCUT2D eigenvalue weighted by Crippen LogP contribution is -2.13. The molecule has 0 heterocycles. The van der Waals surface area contributed by atoms with Crippen LogP contribution in [0, 0.1) is 5.92 Å². The summed E-state index contributed by atoms with van der Waals surface area (Å²) >= 11 is 0. The van der Waals surface area contributed by atoms with Crippen LogP contribution in [-0.2, 0) is 9.59 Å². The van der Waals surface area contributed by atoms with Crippen LogP contribution in [0.15, 0.2) is 0 Å². The van der Waals surface area contributed by atoms with Crippen LogP contribution in [0.25, 0.3) is 0 Å². The van der Waals surface area contributed by atoms with E-state index in [-0.39, 0.29) is 18.9 Å². The lowest BCUT2D eigenvalue weighted by molar-refractivity contribution is -0.142. The van der Waals surface area contributed by atoms with Gasteiger partial charge < -0.3 is 15.3 Å². The summed E-state index contributed by atoms with van der Waals surface area (Å²) in [4.78, 5) is 21.5. The van der Waals surface area contributed by atoms with E-state index in [9.17, 15) is 9.59 Å². The molecule has 0 aliphatic heterocycles. The van der Waals surface area contributed by atoms with E-state index in [1.807, 2.05) is 0 Å². The molecule has 1 atom stereocenters. The van der Waals surface area contributed by atoms with Crippen LogP contribution in [0.5, 0.6) is 0 Å². The molecule has 0 saturated carbocycles. The lowest BCUT2D eigenvalue weighted by Gasteiger charge is -2.11. The standard InChI is InChI=1S/C16H30O5/c17-13-9-4-2-1-3-6-10-14(16(20)21)11-7-5-8-12-15(18)19/h14,17H,1-13H2,(H,18,19)(H,20,21). The molecule has 0 aromatic heterocycles. The minimum absolute atomic E-state index is 0.172. The van der Waals surface area contributed by atoms with Gasteiger partial charge in [0.1, 0.15) is 0 Å². The second kappa shape index (κ2) is 13.9. The van der Waals surface area contributed by atoms with E-state index in [0.717, 1.165) is 51.4 Å². The number of aliphatic hydroxyl groups is 1. The zero-order chi connectivity index (χ0) is 15.9. The topological polar surface area (TPSA) is 94.8 Å². The van der Waals surface area contributed by atoms with Crippen molar-refractivity contribution in [3.05, 3.63) is 0 Å². The molecule has 0 aliphatic carbocycles. The van der Waals surface area contributed by atoms with Gasteiger partial charge in [-0.1, -0.05) is 44.9 Å². The van der Waals surface area contributed by atoms with Crippen molar-refractivity contribution < 1.29 is 24.9 Å². The molecule has 0 saturated heterocycles. The summed E-state index contributed by atoms with van der Waals surface area (Å²) in [5.74, 6) is -1.80. The molecule has 0 radical (unpaired) electrons. The first-order chi connectivity index (χ1) is 10.1. The molecule has 21 heavy (non-hydrogen) atoms. The van der Waals surface area contributed by atoms with Crippen molar-refractivity contribution in [3.8, 4) is 0 Å². The zero-order valence-corrected chi connectivity index (χ0v) is 12.9. The minimum atomic E-state index is -0.786. The van der Waals surface area contributed by atoms with E-state index >= 15 is 0 Å². The third-order valence-electron chi connectivity index (χ3n) is 3.75. The SMILES string of the molecule is O=C(O)CCCCCC(CCCCCCCCO)C(=O)O. The molecule has 0 aliphatic rings. The van der Waals surface area contributed by atoms with Gasteiger partial charge in [-0.05, 0) is 25.7 Å². The number of hydrogen-bond acceptors (Lipinski definition) is 3. The fourth-order valence-corrected chi connectivity index (χ4v) is 2.44. The number of hydrogen-bond donors (Lipinski definition) is 3. The number of carboxylic acids is 2. The van der Waals surface area contributed by atoms with Gasteiger partial charge in [-0.25, -0.2) is 0 Å². The Morgan fingerprint density at radius 1 is 0.714 bits per heavy atom. The molecule has 0 aromatic rings. The molecule has 0 spiro atoms. The molecule has 124 valence electrons. The maximum atomic E-state index is 11.2. The third-order valence-corrected chi connectivity index (χ3v) is 3.75. The number of aliphatic carboxylic acids is 2. The van der Waals surface area contributed by atoms with Crippen molar-refractivity contribution in [3.63, 3.8) is 0 Å². The molecular formula is C16H30O5. The first-order valence-electron chi connectivity index (χ1n) is 8.13. The first kappa shape index (κ1) is 19.9. The molecule has 0 bridgehead atoms. The van der Waals surface area contributed by atoms with Crippen molar-refractivity contribution in [2.75, 3.05) is 6.61 Å².